The zero-order valence-corrected chi connectivity index (χ0v) is 28.3. The molecule has 0 N–H and O–H groups in total. The number of allylic oxidation sites excluding steroid dienone is 8. The van der Waals surface area contributed by atoms with Gasteiger partial charge >= 0.3 is 0 Å². The average Bonchev–Trinajstić information content (AvgIpc) is 3.84. The van der Waals surface area contributed by atoms with E-state index in [9.17, 15) is 0 Å². The van der Waals surface area contributed by atoms with E-state index in [2.05, 4.69) is 178 Å². The highest BCUT2D eigenvalue weighted by atomic mass is 15.2. The van der Waals surface area contributed by atoms with Gasteiger partial charge in [0.2, 0.25) is 0 Å². The first-order valence-corrected chi connectivity index (χ1v) is 18.1. The molecular formula is C48H35N3. The van der Waals surface area contributed by atoms with Crippen molar-refractivity contribution in [3.63, 3.8) is 0 Å². The van der Waals surface area contributed by atoms with Gasteiger partial charge in [-0.3, -0.25) is 0 Å². The van der Waals surface area contributed by atoms with Gasteiger partial charge in [0, 0.05) is 55.1 Å². The highest BCUT2D eigenvalue weighted by molar-refractivity contribution is 6.24. The van der Waals surface area contributed by atoms with Crippen LogP contribution in [0.25, 0.3) is 65.6 Å². The van der Waals surface area contributed by atoms with E-state index in [1.165, 1.54) is 93.8 Å². The van der Waals surface area contributed by atoms with Gasteiger partial charge in [-0.15, -0.1) is 0 Å². The lowest BCUT2D eigenvalue weighted by molar-refractivity contribution is 0.851. The summed E-state index contributed by atoms with van der Waals surface area (Å²) in [5, 5.41) is 7.75. The number of aromatic nitrogens is 2. The molecule has 0 unspecified atom stereocenters. The van der Waals surface area contributed by atoms with Crippen LogP contribution in [0.1, 0.15) is 25.7 Å². The molecule has 11 rings (SSSR count). The highest BCUT2D eigenvalue weighted by Crippen LogP contribution is 2.45. The fourth-order valence-electron chi connectivity index (χ4n) is 8.95. The first-order valence-electron chi connectivity index (χ1n) is 18.1. The standard InChI is InChI=1S/C48H35N3/c1-2-12-32(13-3-1)33-22-24-34(25-23-33)49(35-26-28-36(29-27-35)50-44-18-8-4-14-38(44)39-15-5-9-19-45(39)50)37-30-42-40-16-6-10-20-46(40)51-47-21-11-7-17-41(47)43(31-37)48(42)51/h1-2,4-12,14-22,24,26-31H,3,13,23,25H2. The zero-order valence-electron chi connectivity index (χ0n) is 28.3. The molecule has 9 aromatic rings. The molecule has 0 saturated heterocycles. The van der Waals surface area contributed by atoms with Gasteiger partial charge in [0.05, 0.1) is 27.6 Å². The van der Waals surface area contributed by atoms with E-state index >= 15 is 0 Å². The summed E-state index contributed by atoms with van der Waals surface area (Å²) in [4.78, 5) is 2.51. The van der Waals surface area contributed by atoms with E-state index in [4.69, 9.17) is 0 Å². The zero-order chi connectivity index (χ0) is 33.5. The number of fused-ring (bicyclic) bond motifs is 9. The molecule has 0 atom stereocenters. The van der Waals surface area contributed by atoms with Crippen LogP contribution in [0.2, 0.25) is 0 Å². The number of anilines is 2. The minimum atomic E-state index is 0.979. The Morgan fingerprint density at radius 1 is 0.451 bits per heavy atom. The molecule has 3 heterocycles. The van der Waals surface area contributed by atoms with Crippen molar-refractivity contribution in [2.24, 2.45) is 0 Å². The summed E-state index contributed by atoms with van der Waals surface area (Å²) in [5.41, 5.74) is 14.1. The molecule has 6 aromatic carbocycles. The minimum Gasteiger partial charge on any atom is -0.314 e. The molecule has 2 aliphatic carbocycles. The second kappa shape index (κ2) is 11.1. The van der Waals surface area contributed by atoms with Crippen molar-refractivity contribution in [2.75, 3.05) is 4.90 Å². The van der Waals surface area contributed by atoms with Crippen LogP contribution in [0.4, 0.5) is 11.4 Å². The van der Waals surface area contributed by atoms with Crippen molar-refractivity contribution < 1.29 is 0 Å². The average molecular weight is 654 g/mol. The summed E-state index contributed by atoms with van der Waals surface area (Å²) in [5.74, 6) is 0. The van der Waals surface area contributed by atoms with Gasteiger partial charge < -0.3 is 13.9 Å². The van der Waals surface area contributed by atoms with Gasteiger partial charge in [-0.1, -0.05) is 97.1 Å². The van der Waals surface area contributed by atoms with Crippen molar-refractivity contribution in [1.82, 2.24) is 8.97 Å². The van der Waals surface area contributed by atoms with Crippen LogP contribution in [0.15, 0.2) is 181 Å². The second-order valence-corrected chi connectivity index (χ2v) is 14.0. The van der Waals surface area contributed by atoms with E-state index in [0.29, 0.717) is 0 Å². The van der Waals surface area contributed by atoms with E-state index in [1.54, 1.807) is 0 Å². The van der Waals surface area contributed by atoms with Crippen LogP contribution in [0.3, 0.4) is 0 Å². The van der Waals surface area contributed by atoms with Crippen molar-refractivity contribution in [1.29, 1.82) is 0 Å². The quantitative estimate of drug-likeness (QED) is 0.180. The minimum absolute atomic E-state index is 0.979. The molecule has 0 bridgehead atoms. The molecule has 0 fully saturated rings. The number of rotatable bonds is 5. The Balaban J connectivity index is 1.12. The normalized spacial score (nSPS) is 15.0. The Morgan fingerprint density at radius 2 is 1.00 bits per heavy atom. The highest BCUT2D eigenvalue weighted by Gasteiger charge is 2.24. The number of hydrogen-bond donors (Lipinski definition) is 0. The summed E-state index contributed by atoms with van der Waals surface area (Å²) in [6.07, 6.45) is 15.8. The van der Waals surface area contributed by atoms with Crippen LogP contribution in [-0.2, 0) is 0 Å². The van der Waals surface area contributed by atoms with Crippen LogP contribution < -0.4 is 4.90 Å². The summed E-state index contributed by atoms with van der Waals surface area (Å²) in [6, 6.07) is 49.3. The lowest BCUT2D eigenvalue weighted by Crippen LogP contribution is -2.18. The Morgan fingerprint density at radius 3 is 1.55 bits per heavy atom. The molecule has 242 valence electrons. The Bertz CT molecular complexity index is 2820. The van der Waals surface area contributed by atoms with Crippen molar-refractivity contribution in [3.05, 3.63) is 181 Å². The first-order chi connectivity index (χ1) is 25.3. The number of benzene rings is 6. The van der Waals surface area contributed by atoms with Gasteiger partial charge in [-0.05, 0) is 104 Å². The monoisotopic (exact) mass is 653 g/mol. The van der Waals surface area contributed by atoms with E-state index in [1.807, 2.05) is 0 Å². The largest absolute Gasteiger partial charge is 0.314 e. The maximum absolute atomic E-state index is 2.51. The molecule has 3 aromatic heterocycles. The molecule has 0 saturated carbocycles. The maximum Gasteiger partial charge on any atom is 0.0622 e. The van der Waals surface area contributed by atoms with Crippen molar-refractivity contribution in [3.8, 4) is 5.69 Å². The molecule has 3 heteroatoms. The smallest absolute Gasteiger partial charge is 0.0622 e. The third-order valence-electron chi connectivity index (χ3n) is 11.2. The molecule has 0 radical (unpaired) electrons. The van der Waals surface area contributed by atoms with Gasteiger partial charge in [0.1, 0.15) is 0 Å². The number of para-hydroxylation sites is 4. The molecule has 3 nitrogen and oxygen atoms in total. The summed E-state index contributed by atoms with van der Waals surface area (Å²) < 4.78 is 4.86. The van der Waals surface area contributed by atoms with Gasteiger partial charge in [-0.25, -0.2) is 0 Å². The fraction of sp³-hybridized carbons (Fsp3) is 0.0833. The third kappa shape index (κ3) is 4.25. The van der Waals surface area contributed by atoms with E-state index < -0.39 is 0 Å². The lowest BCUT2D eigenvalue weighted by Gasteiger charge is -2.31. The SMILES string of the molecule is C1=CCCC(C2=CC=C(N(c3ccc(-n4c5ccccc5c5ccccc54)cc3)c3cc4c5ccccc5n5c6ccccc6c(c3)c45)CC2)=C1. The van der Waals surface area contributed by atoms with Gasteiger partial charge in [-0.2, -0.15) is 0 Å². The number of hydrogen-bond acceptors (Lipinski definition) is 1. The van der Waals surface area contributed by atoms with Crippen molar-refractivity contribution in [2.45, 2.75) is 25.7 Å². The molecule has 0 spiro atoms. The predicted octanol–water partition coefficient (Wildman–Crippen LogP) is 13.0. The molecular weight excluding hydrogens is 619 g/mol. The lowest BCUT2D eigenvalue weighted by atomic mass is 9.90. The van der Waals surface area contributed by atoms with Crippen molar-refractivity contribution >= 4 is 71.3 Å². The number of nitrogens with zero attached hydrogens (tertiary/aromatic N) is 3. The first kappa shape index (κ1) is 28.5. The Hall–Kier alpha value is -6.32. The van der Waals surface area contributed by atoms with Crippen LogP contribution >= 0.6 is 0 Å². The molecule has 0 amide bonds. The topological polar surface area (TPSA) is 12.6 Å². The fourth-order valence-corrected chi connectivity index (χ4v) is 8.95. The van der Waals surface area contributed by atoms with E-state index in [-0.39, 0.29) is 0 Å². The predicted molar refractivity (Wildman–Crippen MR) is 216 cm³/mol. The van der Waals surface area contributed by atoms with Gasteiger partial charge in [0.25, 0.3) is 0 Å². The summed E-state index contributed by atoms with van der Waals surface area (Å²) in [7, 11) is 0. The molecule has 51 heavy (non-hydrogen) atoms. The third-order valence-corrected chi connectivity index (χ3v) is 11.2. The Kier molecular flexibility index (Phi) is 6.20. The summed E-state index contributed by atoms with van der Waals surface area (Å²) >= 11 is 0. The molecule has 2 aliphatic rings. The van der Waals surface area contributed by atoms with E-state index in [0.717, 1.165) is 25.7 Å². The summed E-state index contributed by atoms with van der Waals surface area (Å²) in [6.45, 7) is 0. The Labute approximate surface area is 296 Å². The van der Waals surface area contributed by atoms with Crippen LogP contribution in [0.5, 0.6) is 0 Å². The maximum atomic E-state index is 2.51. The van der Waals surface area contributed by atoms with Crippen LogP contribution in [0, 0.1) is 0 Å². The van der Waals surface area contributed by atoms with Crippen LogP contribution in [-0.4, -0.2) is 8.97 Å². The second-order valence-electron chi connectivity index (χ2n) is 14.0. The molecule has 0 aliphatic heterocycles. The van der Waals surface area contributed by atoms with Gasteiger partial charge in [0.15, 0.2) is 0 Å².